The van der Waals surface area contributed by atoms with Crippen LogP contribution in [0.2, 0.25) is 0 Å². The van der Waals surface area contributed by atoms with Crippen molar-refractivity contribution in [2.75, 3.05) is 10.7 Å². The van der Waals surface area contributed by atoms with E-state index in [1.807, 2.05) is 0 Å². The van der Waals surface area contributed by atoms with Gasteiger partial charge in [0, 0.05) is 11.8 Å². The zero-order valence-electron chi connectivity index (χ0n) is 9.07. The predicted molar refractivity (Wildman–Crippen MR) is 71.2 cm³/mol. The Labute approximate surface area is 108 Å². The highest BCUT2D eigenvalue weighted by atomic mass is 32.1. The molecular formula is C10H11N3O2S2. The number of thiol groups is 1. The van der Waals surface area contributed by atoms with E-state index in [4.69, 9.17) is 0 Å². The number of hydrogen-bond acceptors (Lipinski definition) is 5. The summed E-state index contributed by atoms with van der Waals surface area (Å²) in [6.07, 6.45) is -1.03. The standard InChI is InChI=1S/C10H11N3O2S2/c1-6(4-16)13(10(14)15)8-3-2-7-9(12-8)17-5-11-7/h2-3,5-6,16H,4H2,1H3,(H,14,15). The van der Waals surface area contributed by atoms with Gasteiger partial charge in [0.05, 0.1) is 5.51 Å². The van der Waals surface area contributed by atoms with Crippen molar-refractivity contribution in [2.45, 2.75) is 13.0 Å². The molecule has 0 saturated heterocycles. The minimum atomic E-state index is -1.03. The molecule has 0 aliphatic rings. The minimum absolute atomic E-state index is 0.228. The third-order valence-electron chi connectivity index (χ3n) is 2.34. The summed E-state index contributed by atoms with van der Waals surface area (Å²) in [6, 6.07) is 3.21. The molecule has 2 rings (SSSR count). The summed E-state index contributed by atoms with van der Waals surface area (Å²) in [4.78, 5) is 21.6. The molecule has 1 atom stereocenters. The summed E-state index contributed by atoms with van der Waals surface area (Å²) in [5, 5.41) is 9.19. The second-order valence-electron chi connectivity index (χ2n) is 3.53. The number of aromatic nitrogens is 2. The monoisotopic (exact) mass is 269 g/mol. The van der Waals surface area contributed by atoms with E-state index in [0.29, 0.717) is 11.6 Å². The zero-order chi connectivity index (χ0) is 12.4. The van der Waals surface area contributed by atoms with Gasteiger partial charge in [0.2, 0.25) is 0 Å². The smallest absolute Gasteiger partial charge is 0.413 e. The molecule has 0 bridgehead atoms. The first-order chi connectivity index (χ1) is 8.13. The molecule has 1 amide bonds. The van der Waals surface area contributed by atoms with Gasteiger partial charge in [-0.25, -0.2) is 14.8 Å². The lowest BCUT2D eigenvalue weighted by molar-refractivity contribution is 0.200. The van der Waals surface area contributed by atoms with E-state index in [9.17, 15) is 9.90 Å². The lowest BCUT2D eigenvalue weighted by Gasteiger charge is -2.23. The summed E-state index contributed by atoms with van der Waals surface area (Å²) in [6.45, 7) is 1.79. The van der Waals surface area contributed by atoms with Crippen molar-refractivity contribution >= 4 is 46.2 Å². The molecule has 1 N–H and O–H groups in total. The Balaban J connectivity index is 2.44. The highest BCUT2D eigenvalue weighted by molar-refractivity contribution is 7.80. The molecule has 17 heavy (non-hydrogen) atoms. The van der Waals surface area contributed by atoms with Crippen molar-refractivity contribution in [3.8, 4) is 0 Å². The van der Waals surface area contributed by atoms with E-state index < -0.39 is 6.09 Å². The topological polar surface area (TPSA) is 66.3 Å². The van der Waals surface area contributed by atoms with Crippen LogP contribution in [0.3, 0.4) is 0 Å². The third-order valence-corrected chi connectivity index (χ3v) is 3.60. The van der Waals surface area contributed by atoms with Gasteiger partial charge in [-0.3, -0.25) is 4.90 Å². The van der Waals surface area contributed by atoms with Crippen molar-refractivity contribution in [3.63, 3.8) is 0 Å². The average Bonchev–Trinajstić information content (AvgIpc) is 2.75. The van der Waals surface area contributed by atoms with E-state index >= 15 is 0 Å². The molecule has 90 valence electrons. The van der Waals surface area contributed by atoms with Gasteiger partial charge in [-0.15, -0.1) is 11.3 Å². The zero-order valence-corrected chi connectivity index (χ0v) is 10.8. The Morgan fingerprint density at radius 1 is 1.65 bits per heavy atom. The molecule has 2 heterocycles. The first-order valence-electron chi connectivity index (χ1n) is 4.96. The van der Waals surface area contributed by atoms with E-state index in [2.05, 4.69) is 22.6 Å². The van der Waals surface area contributed by atoms with E-state index in [1.165, 1.54) is 16.2 Å². The molecule has 2 aromatic rings. The van der Waals surface area contributed by atoms with Crippen LogP contribution >= 0.6 is 24.0 Å². The third kappa shape index (κ3) is 2.34. The fraction of sp³-hybridized carbons (Fsp3) is 0.300. The SMILES string of the molecule is CC(CS)N(C(=O)O)c1ccc2ncsc2n1. The Morgan fingerprint density at radius 2 is 2.41 bits per heavy atom. The molecule has 5 nitrogen and oxygen atoms in total. The van der Waals surface area contributed by atoms with Gasteiger partial charge >= 0.3 is 6.09 Å². The van der Waals surface area contributed by atoms with Crippen LogP contribution in [0.4, 0.5) is 10.6 Å². The van der Waals surface area contributed by atoms with Crippen LogP contribution in [0.5, 0.6) is 0 Å². The normalized spacial score (nSPS) is 12.6. The van der Waals surface area contributed by atoms with E-state index in [0.717, 1.165) is 10.3 Å². The number of amides is 1. The molecule has 7 heteroatoms. The number of carbonyl (C=O) groups is 1. The number of carboxylic acid groups (broad SMARTS) is 1. The lowest BCUT2D eigenvalue weighted by Crippen LogP contribution is -2.39. The first kappa shape index (κ1) is 12.1. The molecule has 0 radical (unpaired) electrons. The summed E-state index contributed by atoms with van der Waals surface area (Å²) >= 11 is 5.51. The van der Waals surface area contributed by atoms with Crippen LogP contribution < -0.4 is 4.90 Å². The number of pyridine rings is 1. The van der Waals surface area contributed by atoms with Gasteiger partial charge in [-0.1, -0.05) is 0 Å². The first-order valence-corrected chi connectivity index (χ1v) is 6.48. The van der Waals surface area contributed by atoms with Gasteiger partial charge in [-0.2, -0.15) is 12.6 Å². The lowest BCUT2D eigenvalue weighted by atomic mass is 10.3. The summed E-state index contributed by atoms with van der Waals surface area (Å²) in [5.41, 5.74) is 2.47. The number of anilines is 1. The van der Waals surface area contributed by atoms with Gasteiger partial charge < -0.3 is 5.11 Å². The molecule has 0 aromatic carbocycles. The fourth-order valence-electron chi connectivity index (χ4n) is 1.47. The Kier molecular flexibility index (Phi) is 3.49. The van der Waals surface area contributed by atoms with Crippen molar-refractivity contribution in [1.29, 1.82) is 0 Å². The van der Waals surface area contributed by atoms with Gasteiger partial charge in [-0.05, 0) is 19.1 Å². The molecule has 2 aromatic heterocycles. The van der Waals surface area contributed by atoms with Crippen LogP contribution in [0, 0.1) is 0 Å². The maximum absolute atomic E-state index is 11.2. The second-order valence-corrected chi connectivity index (χ2v) is 4.73. The van der Waals surface area contributed by atoms with Crippen LogP contribution in [-0.2, 0) is 0 Å². The van der Waals surface area contributed by atoms with E-state index in [1.54, 1.807) is 24.6 Å². The Morgan fingerprint density at radius 3 is 3.06 bits per heavy atom. The maximum Gasteiger partial charge on any atom is 0.413 e. The van der Waals surface area contributed by atoms with Gasteiger partial charge in [0.25, 0.3) is 0 Å². The van der Waals surface area contributed by atoms with Crippen molar-refractivity contribution in [1.82, 2.24) is 9.97 Å². The highest BCUT2D eigenvalue weighted by Crippen LogP contribution is 2.22. The minimum Gasteiger partial charge on any atom is -0.465 e. The number of thiazole rings is 1. The number of rotatable bonds is 3. The maximum atomic E-state index is 11.2. The summed E-state index contributed by atoms with van der Waals surface area (Å²) in [7, 11) is 0. The van der Waals surface area contributed by atoms with Crippen molar-refractivity contribution in [2.24, 2.45) is 0 Å². The molecule has 0 aliphatic heterocycles. The van der Waals surface area contributed by atoms with Crippen molar-refractivity contribution < 1.29 is 9.90 Å². The molecule has 0 aliphatic carbocycles. The quantitative estimate of drug-likeness (QED) is 0.840. The second kappa shape index (κ2) is 4.89. The Hall–Kier alpha value is -1.34. The number of nitrogens with zero attached hydrogens (tertiary/aromatic N) is 3. The van der Waals surface area contributed by atoms with Gasteiger partial charge in [0.15, 0.2) is 0 Å². The number of fused-ring (bicyclic) bond motifs is 1. The predicted octanol–water partition coefficient (Wildman–Crippen LogP) is 2.49. The fourth-order valence-corrected chi connectivity index (χ4v) is 2.29. The summed E-state index contributed by atoms with van der Waals surface area (Å²) in [5.74, 6) is 0.852. The molecule has 0 spiro atoms. The van der Waals surface area contributed by atoms with Crippen LogP contribution in [-0.4, -0.2) is 33.0 Å². The van der Waals surface area contributed by atoms with Crippen molar-refractivity contribution in [3.05, 3.63) is 17.6 Å². The van der Waals surface area contributed by atoms with E-state index in [-0.39, 0.29) is 6.04 Å². The largest absolute Gasteiger partial charge is 0.465 e. The van der Waals surface area contributed by atoms with Crippen LogP contribution in [0.25, 0.3) is 10.3 Å². The average molecular weight is 269 g/mol. The molecular weight excluding hydrogens is 258 g/mol. The molecule has 1 unspecified atom stereocenters. The highest BCUT2D eigenvalue weighted by Gasteiger charge is 2.21. The molecule has 0 saturated carbocycles. The Bertz CT molecular complexity index is 543. The summed E-state index contributed by atoms with van der Waals surface area (Å²) < 4.78 is 0. The van der Waals surface area contributed by atoms with Gasteiger partial charge in [0.1, 0.15) is 16.2 Å². The number of hydrogen-bond donors (Lipinski definition) is 2. The van der Waals surface area contributed by atoms with Crippen LogP contribution in [0.15, 0.2) is 17.6 Å². The van der Waals surface area contributed by atoms with Crippen LogP contribution in [0.1, 0.15) is 6.92 Å². The molecule has 0 fully saturated rings.